The Hall–Kier alpha value is 0.0500. The average Bonchev–Trinajstić information content (AvgIpc) is 2.36. The zero-order valence-electron chi connectivity index (χ0n) is 10.2. The third-order valence-electron chi connectivity index (χ3n) is 3.32. The van der Waals surface area contributed by atoms with Gasteiger partial charge in [-0.05, 0) is 36.8 Å². The molecule has 1 atom stereocenters. The van der Waals surface area contributed by atoms with Crippen LogP contribution < -0.4 is 0 Å². The Morgan fingerprint density at radius 2 is 1.94 bits per heavy atom. The maximum Gasteiger partial charge on any atom is 0.0128 e. The molecular formula is C14H21BrS. The molecule has 0 spiro atoms. The van der Waals surface area contributed by atoms with Gasteiger partial charge in [-0.25, -0.2) is 0 Å². The number of thioether (sulfide) groups is 1. The number of halogens is 1. The van der Waals surface area contributed by atoms with E-state index < -0.39 is 0 Å². The predicted molar refractivity (Wildman–Crippen MR) is 79.8 cm³/mol. The van der Waals surface area contributed by atoms with E-state index in [1.54, 1.807) is 0 Å². The van der Waals surface area contributed by atoms with Gasteiger partial charge in [0.15, 0.2) is 0 Å². The van der Waals surface area contributed by atoms with Crippen LogP contribution in [0.3, 0.4) is 0 Å². The lowest BCUT2D eigenvalue weighted by Crippen LogP contribution is -2.27. The molecule has 0 aliphatic carbocycles. The Balaban J connectivity index is 2.79. The van der Waals surface area contributed by atoms with Crippen molar-refractivity contribution < 1.29 is 0 Å². The van der Waals surface area contributed by atoms with Crippen LogP contribution in [-0.2, 0) is 5.41 Å². The van der Waals surface area contributed by atoms with E-state index in [9.17, 15) is 0 Å². The van der Waals surface area contributed by atoms with Crippen molar-refractivity contribution in [1.82, 2.24) is 0 Å². The monoisotopic (exact) mass is 300 g/mol. The van der Waals surface area contributed by atoms with Crippen molar-refractivity contribution in [3.63, 3.8) is 0 Å². The van der Waals surface area contributed by atoms with Crippen molar-refractivity contribution in [2.45, 2.75) is 31.6 Å². The number of alkyl halides is 1. The van der Waals surface area contributed by atoms with Crippen LogP contribution in [0, 0.1) is 0 Å². The van der Waals surface area contributed by atoms with Gasteiger partial charge in [0.05, 0.1) is 0 Å². The SMILES string of the molecule is CCC(CBr)(CCCSC)c1ccccc1. The summed E-state index contributed by atoms with van der Waals surface area (Å²) in [4.78, 5) is 0. The Morgan fingerprint density at radius 1 is 1.25 bits per heavy atom. The van der Waals surface area contributed by atoms with Gasteiger partial charge in [0.25, 0.3) is 0 Å². The van der Waals surface area contributed by atoms with Crippen molar-refractivity contribution in [2.75, 3.05) is 17.3 Å². The molecule has 1 unspecified atom stereocenters. The first-order valence-corrected chi connectivity index (χ1v) is 8.41. The fraction of sp³-hybridized carbons (Fsp3) is 0.571. The summed E-state index contributed by atoms with van der Waals surface area (Å²) in [6, 6.07) is 10.9. The van der Waals surface area contributed by atoms with Crippen molar-refractivity contribution in [3.8, 4) is 0 Å². The lowest BCUT2D eigenvalue weighted by Gasteiger charge is -2.31. The Bertz CT molecular complexity index is 280. The van der Waals surface area contributed by atoms with Gasteiger partial charge in [-0.3, -0.25) is 0 Å². The zero-order valence-corrected chi connectivity index (χ0v) is 12.6. The molecule has 0 saturated carbocycles. The van der Waals surface area contributed by atoms with Crippen LogP contribution in [0.5, 0.6) is 0 Å². The third-order valence-corrected chi connectivity index (χ3v) is 5.09. The predicted octanol–water partition coefficient (Wildman–Crippen LogP) is 4.87. The van der Waals surface area contributed by atoms with E-state index in [0.717, 1.165) is 5.33 Å². The Kier molecular flexibility index (Phi) is 6.52. The molecule has 1 aromatic carbocycles. The molecule has 1 aromatic rings. The van der Waals surface area contributed by atoms with Crippen LogP contribution in [-0.4, -0.2) is 17.3 Å². The second kappa shape index (κ2) is 7.39. The van der Waals surface area contributed by atoms with E-state index in [-0.39, 0.29) is 0 Å². The largest absolute Gasteiger partial charge is 0.165 e. The molecule has 0 bridgehead atoms. The minimum Gasteiger partial charge on any atom is -0.165 e. The number of hydrogen-bond acceptors (Lipinski definition) is 1. The lowest BCUT2D eigenvalue weighted by atomic mass is 9.76. The van der Waals surface area contributed by atoms with Crippen molar-refractivity contribution in [3.05, 3.63) is 35.9 Å². The molecule has 0 aromatic heterocycles. The molecule has 1 rings (SSSR count). The summed E-state index contributed by atoms with van der Waals surface area (Å²) < 4.78 is 0. The minimum atomic E-state index is 0.330. The quantitative estimate of drug-likeness (QED) is 0.511. The van der Waals surface area contributed by atoms with Gasteiger partial charge in [-0.2, -0.15) is 11.8 Å². The van der Waals surface area contributed by atoms with Crippen LogP contribution >= 0.6 is 27.7 Å². The summed E-state index contributed by atoms with van der Waals surface area (Å²) in [6.07, 6.45) is 5.97. The van der Waals surface area contributed by atoms with Gasteiger partial charge in [-0.1, -0.05) is 53.2 Å². The molecule has 0 amide bonds. The fourth-order valence-electron chi connectivity index (χ4n) is 2.11. The molecule has 0 fully saturated rings. The molecule has 2 heteroatoms. The first-order valence-electron chi connectivity index (χ1n) is 5.89. The van der Waals surface area contributed by atoms with Gasteiger partial charge >= 0.3 is 0 Å². The summed E-state index contributed by atoms with van der Waals surface area (Å²) in [7, 11) is 0. The highest BCUT2D eigenvalue weighted by Crippen LogP contribution is 2.35. The second-order valence-corrected chi connectivity index (χ2v) is 5.78. The summed E-state index contributed by atoms with van der Waals surface area (Å²) in [5.74, 6) is 1.27. The molecule has 0 saturated heterocycles. The van der Waals surface area contributed by atoms with Crippen LogP contribution in [0.2, 0.25) is 0 Å². The third kappa shape index (κ3) is 3.53. The second-order valence-electron chi connectivity index (χ2n) is 4.23. The summed E-state index contributed by atoms with van der Waals surface area (Å²) >= 11 is 5.66. The number of rotatable bonds is 7. The lowest BCUT2D eigenvalue weighted by molar-refractivity contribution is 0.426. The van der Waals surface area contributed by atoms with Gasteiger partial charge in [0.1, 0.15) is 0 Å². The fourth-order valence-corrected chi connectivity index (χ4v) is 3.54. The highest BCUT2D eigenvalue weighted by atomic mass is 79.9. The average molecular weight is 301 g/mol. The van der Waals surface area contributed by atoms with Crippen LogP contribution in [0.4, 0.5) is 0 Å². The van der Waals surface area contributed by atoms with E-state index >= 15 is 0 Å². The molecule has 0 N–H and O–H groups in total. The smallest absolute Gasteiger partial charge is 0.0128 e. The summed E-state index contributed by atoms with van der Waals surface area (Å²) in [5.41, 5.74) is 1.81. The van der Waals surface area contributed by atoms with E-state index in [1.165, 1.54) is 30.6 Å². The minimum absolute atomic E-state index is 0.330. The number of hydrogen-bond donors (Lipinski definition) is 0. The maximum absolute atomic E-state index is 3.72. The normalized spacial score (nSPS) is 14.7. The Morgan fingerprint density at radius 3 is 2.44 bits per heavy atom. The molecule has 90 valence electrons. The molecular weight excluding hydrogens is 280 g/mol. The van der Waals surface area contributed by atoms with Crippen molar-refractivity contribution >= 4 is 27.7 Å². The summed E-state index contributed by atoms with van der Waals surface area (Å²) in [5, 5.41) is 1.06. The zero-order chi connectivity index (χ0) is 11.9. The molecule has 16 heavy (non-hydrogen) atoms. The van der Waals surface area contributed by atoms with Crippen LogP contribution in [0.1, 0.15) is 31.7 Å². The first kappa shape index (κ1) is 14.1. The van der Waals surface area contributed by atoms with Gasteiger partial charge < -0.3 is 0 Å². The summed E-state index contributed by atoms with van der Waals surface area (Å²) in [6.45, 7) is 2.30. The molecule has 0 heterocycles. The van der Waals surface area contributed by atoms with Crippen molar-refractivity contribution in [1.29, 1.82) is 0 Å². The van der Waals surface area contributed by atoms with Gasteiger partial charge in [0, 0.05) is 10.7 Å². The van der Waals surface area contributed by atoms with Gasteiger partial charge in [-0.15, -0.1) is 0 Å². The highest BCUT2D eigenvalue weighted by Gasteiger charge is 2.28. The van der Waals surface area contributed by atoms with Crippen LogP contribution in [0.25, 0.3) is 0 Å². The molecule has 0 nitrogen and oxygen atoms in total. The van der Waals surface area contributed by atoms with Crippen LogP contribution in [0.15, 0.2) is 30.3 Å². The van der Waals surface area contributed by atoms with E-state index in [4.69, 9.17) is 0 Å². The highest BCUT2D eigenvalue weighted by molar-refractivity contribution is 9.09. The van der Waals surface area contributed by atoms with E-state index in [1.807, 2.05) is 11.8 Å². The Labute approximate surface area is 112 Å². The topological polar surface area (TPSA) is 0 Å². The van der Waals surface area contributed by atoms with E-state index in [0.29, 0.717) is 5.41 Å². The molecule has 0 radical (unpaired) electrons. The van der Waals surface area contributed by atoms with E-state index in [2.05, 4.69) is 59.4 Å². The molecule has 0 aliphatic rings. The maximum atomic E-state index is 3.72. The molecule has 0 aliphatic heterocycles. The van der Waals surface area contributed by atoms with Crippen molar-refractivity contribution in [2.24, 2.45) is 0 Å². The van der Waals surface area contributed by atoms with Gasteiger partial charge in [0.2, 0.25) is 0 Å². The first-order chi connectivity index (χ1) is 7.79. The standard InChI is InChI=1S/C14H21BrS/c1-3-14(12-15,10-7-11-16-2)13-8-5-4-6-9-13/h4-6,8-9H,3,7,10-12H2,1-2H3. The number of benzene rings is 1.